The molecule has 0 saturated carbocycles. The van der Waals surface area contributed by atoms with Crippen LogP contribution in [-0.4, -0.2) is 38.4 Å². The molecule has 3 N–H and O–H groups in total. The number of carbonyl (C=O) groups is 2. The van der Waals surface area contributed by atoms with Crippen molar-refractivity contribution in [1.29, 1.82) is 0 Å². The molecule has 0 aromatic heterocycles. The minimum absolute atomic E-state index is 0.0385. The molecule has 1 fully saturated rings. The summed E-state index contributed by atoms with van der Waals surface area (Å²) in [5.41, 5.74) is 0.775. The van der Waals surface area contributed by atoms with E-state index in [9.17, 15) is 23.1 Å². The average Bonchev–Trinajstić information content (AvgIpc) is 2.62. The molecule has 114 valence electrons. The molecule has 2 amide bonds. The quantitative estimate of drug-likeness (QED) is 0.676. The van der Waals surface area contributed by atoms with E-state index in [4.69, 9.17) is 0 Å². The Balaban J connectivity index is 2.16. The van der Waals surface area contributed by atoms with Gasteiger partial charge in [0.05, 0.1) is 5.69 Å². The van der Waals surface area contributed by atoms with Gasteiger partial charge in [-0.1, -0.05) is 6.07 Å². The number of aromatic hydroxyl groups is 1. The first-order valence-electron chi connectivity index (χ1n) is 6.19. The Labute approximate surface area is 121 Å². The van der Waals surface area contributed by atoms with E-state index in [1.807, 2.05) is 4.72 Å². The summed E-state index contributed by atoms with van der Waals surface area (Å²) in [6, 6.07) is 4.47. The van der Waals surface area contributed by atoms with Crippen molar-refractivity contribution >= 4 is 27.7 Å². The molecule has 1 aromatic rings. The van der Waals surface area contributed by atoms with E-state index in [2.05, 4.69) is 5.32 Å². The lowest BCUT2D eigenvalue weighted by Crippen LogP contribution is -2.29. The topological polar surface area (TPSA) is 116 Å². The first-order chi connectivity index (χ1) is 9.79. The molecule has 0 radical (unpaired) electrons. The molecule has 0 bridgehead atoms. The molecule has 2 rings (SSSR count). The number of phenols is 1. The predicted molar refractivity (Wildman–Crippen MR) is 74.9 cm³/mol. The Bertz CT molecular complexity index is 686. The van der Waals surface area contributed by atoms with Gasteiger partial charge in [0, 0.05) is 13.5 Å². The van der Waals surface area contributed by atoms with Crippen LogP contribution in [0.25, 0.3) is 0 Å². The lowest BCUT2D eigenvalue weighted by Gasteiger charge is -2.16. The summed E-state index contributed by atoms with van der Waals surface area (Å²) in [5.74, 6) is -1.04. The second-order valence-electron chi connectivity index (χ2n) is 4.59. The molecule has 0 aliphatic carbocycles. The highest BCUT2D eigenvalue weighted by molar-refractivity contribution is 7.92. The molecule has 1 aromatic carbocycles. The van der Waals surface area contributed by atoms with Gasteiger partial charge in [0.15, 0.2) is 0 Å². The van der Waals surface area contributed by atoms with Crippen LogP contribution < -0.4 is 14.3 Å². The summed E-state index contributed by atoms with van der Waals surface area (Å²) in [6.45, 7) is 1.46. The second-order valence-corrected chi connectivity index (χ2v) is 6.19. The number of anilines is 1. The number of phenolic OH excluding ortho intramolecular Hbond substituents is 1. The van der Waals surface area contributed by atoms with E-state index >= 15 is 0 Å². The molecule has 0 unspecified atom stereocenters. The van der Waals surface area contributed by atoms with Gasteiger partial charge in [-0.05, 0) is 24.1 Å². The third-order valence-electron chi connectivity index (χ3n) is 2.92. The third-order valence-corrected chi connectivity index (χ3v) is 4.31. The van der Waals surface area contributed by atoms with Gasteiger partial charge >= 0.3 is 10.2 Å². The predicted octanol–water partition coefficient (Wildman–Crippen LogP) is -0.748. The normalized spacial score (nSPS) is 16.6. The molecule has 8 nitrogen and oxygen atoms in total. The number of nitrogens with zero attached hydrogens (tertiary/aromatic N) is 1. The molecular formula is C12H15N3O5S. The largest absolute Gasteiger partial charge is 0.506 e. The standard InChI is InChI=1S/C12H15N3O5S/c1-8(16)13-5-4-9-2-3-10(11(17)6-9)15-7-12(18)14-21(15,19)20/h2-3,6,17H,4-5,7H2,1H3,(H,13,16)(H,14,18). The molecular weight excluding hydrogens is 298 g/mol. The molecule has 1 saturated heterocycles. The Morgan fingerprint density at radius 1 is 1.48 bits per heavy atom. The van der Waals surface area contributed by atoms with E-state index in [0.717, 1.165) is 9.87 Å². The van der Waals surface area contributed by atoms with Crippen molar-refractivity contribution < 1.29 is 23.1 Å². The van der Waals surface area contributed by atoms with Crippen LogP contribution in [0.15, 0.2) is 18.2 Å². The fraction of sp³-hybridized carbons (Fsp3) is 0.333. The summed E-state index contributed by atoms with van der Waals surface area (Å²) < 4.78 is 26.0. The minimum Gasteiger partial charge on any atom is -0.506 e. The van der Waals surface area contributed by atoms with Gasteiger partial charge in [-0.25, -0.2) is 9.03 Å². The first-order valence-corrected chi connectivity index (χ1v) is 7.63. The maximum Gasteiger partial charge on any atom is 0.326 e. The third kappa shape index (κ3) is 3.43. The van der Waals surface area contributed by atoms with Gasteiger partial charge in [-0.3, -0.25) is 9.59 Å². The van der Waals surface area contributed by atoms with Crippen molar-refractivity contribution in [2.75, 3.05) is 17.4 Å². The second kappa shape index (κ2) is 5.60. The molecule has 0 atom stereocenters. The van der Waals surface area contributed by atoms with Crippen LogP contribution in [0.4, 0.5) is 5.69 Å². The monoisotopic (exact) mass is 313 g/mol. The van der Waals surface area contributed by atoms with E-state index in [1.165, 1.54) is 19.1 Å². The number of hydrogen-bond acceptors (Lipinski definition) is 5. The maximum absolute atomic E-state index is 11.7. The van der Waals surface area contributed by atoms with Crippen LogP contribution in [-0.2, 0) is 26.2 Å². The van der Waals surface area contributed by atoms with Gasteiger partial charge in [0.2, 0.25) is 5.91 Å². The van der Waals surface area contributed by atoms with Crippen molar-refractivity contribution in [3.05, 3.63) is 23.8 Å². The molecule has 9 heteroatoms. The van der Waals surface area contributed by atoms with E-state index < -0.39 is 16.1 Å². The smallest absolute Gasteiger partial charge is 0.326 e. The van der Waals surface area contributed by atoms with Gasteiger partial charge in [0.25, 0.3) is 5.91 Å². The zero-order valence-electron chi connectivity index (χ0n) is 11.3. The number of rotatable bonds is 4. The highest BCUT2D eigenvalue weighted by Crippen LogP contribution is 2.31. The molecule has 0 spiro atoms. The highest BCUT2D eigenvalue weighted by Gasteiger charge is 2.35. The van der Waals surface area contributed by atoms with Crippen LogP contribution in [0, 0.1) is 0 Å². The zero-order chi connectivity index (χ0) is 15.6. The van der Waals surface area contributed by atoms with Crippen molar-refractivity contribution in [2.24, 2.45) is 0 Å². The maximum atomic E-state index is 11.7. The SMILES string of the molecule is CC(=O)NCCc1ccc(N2CC(=O)NS2(=O)=O)c(O)c1. The van der Waals surface area contributed by atoms with E-state index in [-0.39, 0.29) is 23.9 Å². The lowest BCUT2D eigenvalue weighted by atomic mass is 10.1. The fourth-order valence-electron chi connectivity index (χ4n) is 1.98. The average molecular weight is 313 g/mol. The van der Waals surface area contributed by atoms with Gasteiger partial charge in [-0.15, -0.1) is 0 Å². The van der Waals surface area contributed by atoms with Crippen LogP contribution in [0.5, 0.6) is 5.75 Å². The number of amides is 2. The van der Waals surface area contributed by atoms with E-state index in [1.54, 1.807) is 6.07 Å². The number of benzene rings is 1. The van der Waals surface area contributed by atoms with Crippen LogP contribution in [0.1, 0.15) is 12.5 Å². The van der Waals surface area contributed by atoms with Crippen molar-refractivity contribution in [3.8, 4) is 5.75 Å². The fourth-order valence-corrected chi connectivity index (χ4v) is 3.14. The minimum atomic E-state index is -3.94. The highest BCUT2D eigenvalue weighted by atomic mass is 32.2. The molecule has 1 aliphatic heterocycles. The summed E-state index contributed by atoms with van der Waals surface area (Å²) in [6.07, 6.45) is 0.497. The van der Waals surface area contributed by atoms with Crippen LogP contribution in [0.3, 0.4) is 0 Å². The Kier molecular flexibility index (Phi) is 4.03. The Hall–Kier alpha value is -2.29. The van der Waals surface area contributed by atoms with Crippen LogP contribution in [0.2, 0.25) is 0 Å². The number of hydrogen-bond donors (Lipinski definition) is 3. The van der Waals surface area contributed by atoms with Gasteiger partial charge in [0.1, 0.15) is 12.3 Å². The van der Waals surface area contributed by atoms with Crippen molar-refractivity contribution in [3.63, 3.8) is 0 Å². The molecule has 1 heterocycles. The summed E-state index contributed by atoms with van der Waals surface area (Å²) in [7, 11) is -3.94. The van der Waals surface area contributed by atoms with E-state index in [0.29, 0.717) is 13.0 Å². The summed E-state index contributed by atoms with van der Waals surface area (Å²) >= 11 is 0. The van der Waals surface area contributed by atoms with Crippen molar-refractivity contribution in [1.82, 2.24) is 10.0 Å². The first kappa shape index (κ1) is 15.1. The van der Waals surface area contributed by atoms with Crippen LogP contribution >= 0.6 is 0 Å². The zero-order valence-corrected chi connectivity index (χ0v) is 12.1. The molecule has 21 heavy (non-hydrogen) atoms. The lowest BCUT2D eigenvalue weighted by molar-refractivity contribution is -0.119. The Morgan fingerprint density at radius 2 is 2.19 bits per heavy atom. The van der Waals surface area contributed by atoms with Gasteiger partial charge < -0.3 is 10.4 Å². The number of nitrogens with one attached hydrogen (secondary N) is 2. The van der Waals surface area contributed by atoms with Gasteiger partial charge in [-0.2, -0.15) is 8.42 Å². The summed E-state index contributed by atoms with van der Waals surface area (Å²) in [4.78, 5) is 21.9. The Morgan fingerprint density at radius 3 is 2.71 bits per heavy atom. The molecule has 1 aliphatic rings. The van der Waals surface area contributed by atoms with Crippen molar-refractivity contribution in [2.45, 2.75) is 13.3 Å². The summed E-state index contributed by atoms with van der Waals surface area (Å²) in [5, 5.41) is 12.6. The number of carbonyl (C=O) groups excluding carboxylic acids is 2.